The van der Waals surface area contributed by atoms with E-state index < -0.39 is 0 Å². The molecule has 2 fully saturated rings. The van der Waals surface area contributed by atoms with Crippen molar-refractivity contribution >= 4 is 0 Å². The molecule has 1 aliphatic carbocycles. The van der Waals surface area contributed by atoms with Gasteiger partial charge in [-0.15, -0.1) is 0 Å². The van der Waals surface area contributed by atoms with Crippen LogP contribution in [0, 0.1) is 5.92 Å². The third kappa shape index (κ3) is 1.07. The van der Waals surface area contributed by atoms with Crippen LogP contribution in [-0.4, -0.2) is 12.1 Å². The van der Waals surface area contributed by atoms with Crippen LogP contribution in [0.5, 0.6) is 0 Å². The highest BCUT2D eigenvalue weighted by Crippen LogP contribution is 2.32. The summed E-state index contributed by atoms with van der Waals surface area (Å²) in [6, 6.07) is 1.69. The molecule has 3 atom stereocenters. The number of hydrogen-bond acceptors (Lipinski definition) is 1. The average Bonchev–Trinajstić information content (AvgIpc) is 2.27. The van der Waals surface area contributed by atoms with Crippen LogP contribution in [-0.2, 0) is 0 Å². The van der Waals surface area contributed by atoms with E-state index in [2.05, 4.69) is 12.2 Å². The molecule has 1 saturated carbocycles. The summed E-state index contributed by atoms with van der Waals surface area (Å²) in [5.41, 5.74) is 0. The van der Waals surface area contributed by atoms with E-state index in [0.717, 1.165) is 18.0 Å². The minimum Gasteiger partial charge on any atom is -0.311 e. The topological polar surface area (TPSA) is 12.0 Å². The zero-order valence-electron chi connectivity index (χ0n) is 6.77. The lowest BCUT2D eigenvalue weighted by molar-refractivity contribution is 0.325. The fraction of sp³-hybridized carbons (Fsp3) is 1.00. The van der Waals surface area contributed by atoms with Gasteiger partial charge in [0.05, 0.1) is 0 Å². The van der Waals surface area contributed by atoms with Gasteiger partial charge in [-0.05, 0) is 32.1 Å². The minimum absolute atomic E-state index is 0.799. The molecule has 1 aliphatic heterocycles. The monoisotopic (exact) mass is 139 g/mol. The number of fused-ring (bicyclic) bond motifs is 1. The van der Waals surface area contributed by atoms with Crippen molar-refractivity contribution in [3.05, 3.63) is 0 Å². The van der Waals surface area contributed by atoms with E-state index in [9.17, 15) is 0 Å². The van der Waals surface area contributed by atoms with E-state index in [1.54, 1.807) is 0 Å². The van der Waals surface area contributed by atoms with Gasteiger partial charge in [-0.3, -0.25) is 0 Å². The number of nitrogens with one attached hydrogen (secondary N) is 1. The molecule has 0 radical (unpaired) electrons. The zero-order chi connectivity index (χ0) is 6.97. The molecular formula is C9H17N. The lowest BCUT2D eigenvalue weighted by Crippen LogP contribution is -2.31. The van der Waals surface area contributed by atoms with Crippen molar-refractivity contribution in [3.63, 3.8) is 0 Å². The zero-order valence-corrected chi connectivity index (χ0v) is 6.77. The maximum atomic E-state index is 3.66. The third-order valence-electron chi connectivity index (χ3n) is 3.06. The van der Waals surface area contributed by atoms with E-state index in [1.165, 1.54) is 32.1 Å². The Bertz CT molecular complexity index is 108. The first kappa shape index (κ1) is 6.66. The molecule has 58 valence electrons. The second kappa shape index (κ2) is 2.54. The lowest BCUT2D eigenvalue weighted by atomic mass is 9.85. The molecule has 2 aliphatic rings. The summed E-state index contributed by atoms with van der Waals surface area (Å²) in [6.07, 6.45) is 7.30. The van der Waals surface area contributed by atoms with Gasteiger partial charge in [-0.2, -0.15) is 0 Å². The summed E-state index contributed by atoms with van der Waals surface area (Å²) >= 11 is 0. The molecule has 1 N–H and O–H groups in total. The standard InChI is InChI=1S/C9H17N/c1-7-6-8-4-2-3-5-9(8)10-7/h7-10H,2-6H2,1H3/t7-,8+,9+/m1/s1. The molecule has 0 spiro atoms. The van der Waals surface area contributed by atoms with Crippen molar-refractivity contribution in [3.8, 4) is 0 Å². The molecule has 0 bridgehead atoms. The summed E-state index contributed by atoms with van der Waals surface area (Å²) in [5.74, 6) is 1.03. The van der Waals surface area contributed by atoms with Gasteiger partial charge in [-0.1, -0.05) is 12.8 Å². The van der Waals surface area contributed by atoms with Crippen molar-refractivity contribution in [1.29, 1.82) is 0 Å². The Hall–Kier alpha value is -0.0400. The third-order valence-corrected chi connectivity index (χ3v) is 3.06. The van der Waals surface area contributed by atoms with Gasteiger partial charge in [0.1, 0.15) is 0 Å². The van der Waals surface area contributed by atoms with Gasteiger partial charge < -0.3 is 5.32 Å². The predicted octanol–water partition coefficient (Wildman–Crippen LogP) is 1.93. The van der Waals surface area contributed by atoms with Gasteiger partial charge in [-0.25, -0.2) is 0 Å². The SMILES string of the molecule is C[C@@H]1C[C@@H]2CCCC[C@@H]2N1. The second-order valence-corrected chi connectivity index (χ2v) is 3.95. The fourth-order valence-corrected chi connectivity index (χ4v) is 2.60. The van der Waals surface area contributed by atoms with E-state index >= 15 is 0 Å². The van der Waals surface area contributed by atoms with Crippen LogP contribution in [0.1, 0.15) is 39.0 Å². The van der Waals surface area contributed by atoms with E-state index in [-0.39, 0.29) is 0 Å². The van der Waals surface area contributed by atoms with Crippen LogP contribution in [0.15, 0.2) is 0 Å². The number of hydrogen-bond donors (Lipinski definition) is 1. The Labute approximate surface area is 63.2 Å². The van der Waals surface area contributed by atoms with Crippen molar-refractivity contribution in [2.75, 3.05) is 0 Å². The van der Waals surface area contributed by atoms with Crippen molar-refractivity contribution < 1.29 is 0 Å². The maximum absolute atomic E-state index is 3.66. The molecule has 10 heavy (non-hydrogen) atoms. The highest BCUT2D eigenvalue weighted by molar-refractivity contribution is 4.90. The molecule has 0 aromatic carbocycles. The van der Waals surface area contributed by atoms with Crippen molar-refractivity contribution in [1.82, 2.24) is 5.32 Å². The Balaban J connectivity index is 1.97. The van der Waals surface area contributed by atoms with Crippen LogP contribution in [0.3, 0.4) is 0 Å². The van der Waals surface area contributed by atoms with E-state index in [4.69, 9.17) is 0 Å². The van der Waals surface area contributed by atoms with Gasteiger partial charge in [0.25, 0.3) is 0 Å². The molecule has 2 rings (SSSR count). The minimum atomic E-state index is 0.799. The highest BCUT2D eigenvalue weighted by atomic mass is 15.0. The smallest absolute Gasteiger partial charge is 0.00983 e. The Morgan fingerprint density at radius 3 is 2.80 bits per heavy atom. The Morgan fingerprint density at radius 1 is 1.20 bits per heavy atom. The van der Waals surface area contributed by atoms with E-state index in [1.807, 2.05) is 0 Å². The molecule has 1 heteroatoms. The van der Waals surface area contributed by atoms with Crippen LogP contribution >= 0.6 is 0 Å². The molecule has 1 saturated heterocycles. The largest absolute Gasteiger partial charge is 0.311 e. The van der Waals surface area contributed by atoms with E-state index in [0.29, 0.717) is 0 Å². The van der Waals surface area contributed by atoms with Gasteiger partial charge in [0, 0.05) is 12.1 Å². The van der Waals surface area contributed by atoms with Crippen LogP contribution in [0.25, 0.3) is 0 Å². The molecule has 1 heterocycles. The van der Waals surface area contributed by atoms with Gasteiger partial charge in [0.2, 0.25) is 0 Å². The molecule has 0 amide bonds. The number of rotatable bonds is 0. The predicted molar refractivity (Wildman–Crippen MR) is 43.0 cm³/mol. The first-order valence-corrected chi connectivity index (χ1v) is 4.62. The quantitative estimate of drug-likeness (QED) is 0.540. The first-order chi connectivity index (χ1) is 4.86. The molecule has 0 aromatic heterocycles. The molecule has 0 unspecified atom stereocenters. The van der Waals surface area contributed by atoms with Crippen LogP contribution in [0.2, 0.25) is 0 Å². The molecular weight excluding hydrogens is 122 g/mol. The van der Waals surface area contributed by atoms with Gasteiger partial charge in [0.15, 0.2) is 0 Å². The fourth-order valence-electron chi connectivity index (χ4n) is 2.60. The summed E-state index contributed by atoms with van der Waals surface area (Å²) < 4.78 is 0. The normalized spacial score (nSPS) is 47.1. The van der Waals surface area contributed by atoms with Crippen LogP contribution in [0.4, 0.5) is 0 Å². The molecule has 0 aromatic rings. The lowest BCUT2D eigenvalue weighted by Gasteiger charge is -2.24. The second-order valence-electron chi connectivity index (χ2n) is 3.95. The summed E-state index contributed by atoms with van der Waals surface area (Å²) in [5, 5.41) is 3.66. The summed E-state index contributed by atoms with van der Waals surface area (Å²) in [4.78, 5) is 0. The average molecular weight is 139 g/mol. The summed E-state index contributed by atoms with van der Waals surface area (Å²) in [6.45, 7) is 2.32. The highest BCUT2D eigenvalue weighted by Gasteiger charge is 2.32. The van der Waals surface area contributed by atoms with Crippen LogP contribution < -0.4 is 5.32 Å². The summed E-state index contributed by atoms with van der Waals surface area (Å²) in [7, 11) is 0. The van der Waals surface area contributed by atoms with Crippen molar-refractivity contribution in [2.45, 2.75) is 51.1 Å². The van der Waals surface area contributed by atoms with Gasteiger partial charge >= 0.3 is 0 Å². The Morgan fingerprint density at radius 2 is 2.00 bits per heavy atom. The Kier molecular flexibility index (Phi) is 1.69. The molecule has 1 nitrogen and oxygen atoms in total. The van der Waals surface area contributed by atoms with Crippen molar-refractivity contribution in [2.24, 2.45) is 5.92 Å². The first-order valence-electron chi connectivity index (χ1n) is 4.62. The maximum Gasteiger partial charge on any atom is 0.00983 e.